The van der Waals surface area contributed by atoms with E-state index in [4.69, 9.17) is 0 Å². The van der Waals surface area contributed by atoms with Crippen molar-refractivity contribution < 1.29 is 0 Å². The third kappa shape index (κ3) is 3.57. The minimum atomic E-state index is 0.754. The molecule has 0 spiro atoms. The fourth-order valence-corrected chi connectivity index (χ4v) is 2.21. The van der Waals surface area contributed by atoms with E-state index in [0.29, 0.717) is 0 Å². The molecule has 1 saturated heterocycles. The van der Waals surface area contributed by atoms with Crippen molar-refractivity contribution in [3.05, 3.63) is 11.9 Å². The van der Waals surface area contributed by atoms with Crippen molar-refractivity contribution in [2.24, 2.45) is 5.92 Å². The van der Waals surface area contributed by atoms with Gasteiger partial charge in [-0.25, -0.2) is 9.97 Å². The van der Waals surface area contributed by atoms with E-state index < -0.39 is 0 Å². The van der Waals surface area contributed by atoms with E-state index in [1.807, 2.05) is 32.0 Å². The fraction of sp³-hybridized carbons (Fsp3) is 0.692. The summed E-state index contributed by atoms with van der Waals surface area (Å²) in [6.07, 6.45) is 2.50. The van der Waals surface area contributed by atoms with E-state index in [1.54, 1.807) is 0 Å². The molecule has 0 amide bonds. The Labute approximate surface area is 109 Å². The first-order chi connectivity index (χ1) is 8.65. The minimum Gasteiger partial charge on any atom is -0.370 e. The summed E-state index contributed by atoms with van der Waals surface area (Å²) in [4.78, 5) is 10.8. The number of piperidine rings is 1. The number of hydrogen-bond acceptors (Lipinski definition) is 5. The molecule has 0 aliphatic carbocycles. The normalized spacial score (nSPS) is 16.6. The van der Waals surface area contributed by atoms with Crippen molar-refractivity contribution in [3.63, 3.8) is 0 Å². The average molecular weight is 249 g/mol. The van der Waals surface area contributed by atoms with Crippen LogP contribution in [0.4, 0.5) is 11.6 Å². The fourth-order valence-electron chi connectivity index (χ4n) is 2.21. The molecule has 0 saturated carbocycles. The maximum absolute atomic E-state index is 4.44. The quantitative estimate of drug-likeness (QED) is 0.841. The predicted molar refractivity (Wildman–Crippen MR) is 75.2 cm³/mol. The van der Waals surface area contributed by atoms with Gasteiger partial charge >= 0.3 is 0 Å². The Morgan fingerprint density at radius 2 is 2.06 bits per heavy atom. The summed E-state index contributed by atoms with van der Waals surface area (Å²) in [5.74, 6) is 3.46. The first kappa shape index (κ1) is 13.1. The van der Waals surface area contributed by atoms with Crippen LogP contribution in [0.2, 0.25) is 0 Å². The van der Waals surface area contributed by atoms with Crippen LogP contribution < -0.4 is 15.5 Å². The predicted octanol–water partition coefficient (Wildman–Crippen LogP) is 1.26. The maximum Gasteiger partial charge on any atom is 0.133 e. The molecular formula is C13H23N5. The number of hydrogen-bond donors (Lipinski definition) is 2. The molecule has 1 aromatic heterocycles. The van der Waals surface area contributed by atoms with Crippen molar-refractivity contribution in [2.75, 3.05) is 43.9 Å². The van der Waals surface area contributed by atoms with E-state index >= 15 is 0 Å². The molecule has 18 heavy (non-hydrogen) atoms. The van der Waals surface area contributed by atoms with Crippen LogP contribution in [0.25, 0.3) is 0 Å². The van der Waals surface area contributed by atoms with Gasteiger partial charge in [-0.15, -0.1) is 0 Å². The summed E-state index contributed by atoms with van der Waals surface area (Å²) < 4.78 is 0. The summed E-state index contributed by atoms with van der Waals surface area (Å²) >= 11 is 0. The molecule has 1 aliphatic rings. The van der Waals surface area contributed by atoms with Crippen LogP contribution in [0.5, 0.6) is 0 Å². The highest BCUT2D eigenvalue weighted by Gasteiger charge is 2.13. The van der Waals surface area contributed by atoms with Gasteiger partial charge in [-0.2, -0.15) is 0 Å². The lowest BCUT2D eigenvalue weighted by Gasteiger charge is -2.23. The number of nitrogens with zero attached hydrogens (tertiary/aromatic N) is 3. The number of aryl methyl sites for hydroxylation is 1. The third-order valence-electron chi connectivity index (χ3n) is 3.31. The summed E-state index contributed by atoms with van der Waals surface area (Å²) in [5.41, 5.74) is 0. The topological polar surface area (TPSA) is 53.1 Å². The van der Waals surface area contributed by atoms with E-state index in [9.17, 15) is 0 Å². The Morgan fingerprint density at radius 3 is 2.72 bits per heavy atom. The van der Waals surface area contributed by atoms with Gasteiger partial charge < -0.3 is 15.5 Å². The van der Waals surface area contributed by atoms with Crippen LogP contribution in [-0.4, -0.2) is 43.7 Å². The molecule has 2 heterocycles. The first-order valence-electron chi connectivity index (χ1n) is 6.63. The van der Waals surface area contributed by atoms with E-state index in [-0.39, 0.29) is 0 Å². The number of rotatable bonds is 4. The van der Waals surface area contributed by atoms with Gasteiger partial charge in [-0.3, -0.25) is 0 Å². The van der Waals surface area contributed by atoms with Crippen LogP contribution in [0.15, 0.2) is 6.07 Å². The van der Waals surface area contributed by atoms with Gasteiger partial charge in [0, 0.05) is 26.7 Å². The molecule has 0 radical (unpaired) electrons. The SMILES string of the molecule is Cc1nc(NCC2CCNCC2)cc(N(C)C)n1. The van der Waals surface area contributed by atoms with Gasteiger partial charge in [0.05, 0.1) is 0 Å². The zero-order valence-electron chi connectivity index (χ0n) is 11.5. The molecule has 0 unspecified atom stereocenters. The highest BCUT2D eigenvalue weighted by molar-refractivity contribution is 5.48. The maximum atomic E-state index is 4.44. The molecule has 0 atom stereocenters. The van der Waals surface area contributed by atoms with Gasteiger partial charge in [0.2, 0.25) is 0 Å². The molecule has 2 rings (SSSR count). The van der Waals surface area contributed by atoms with Crippen LogP contribution in [0.3, 0.4) is 0 Å². The average Bonchev–Trinajstić information content (AvgIpc) is 2.37. The Morgan fingerprint density at radius 1 is 1.33 bits per heavy atom. The van der Waals surface area contributed by atoms with E-state index in [2.05, 4.69) is 20.6 Å². The monoisotopic (exact) mass is 249 g/mol. The zero-order valence-corrected chi connectivity index (χ0v) is 11.5. The Kier molecular flexibility index (Phi) is 4.36. The van der Waals surface area contributed by atoms with Gasteiger partial charge in [0.25, 0.3) is 0 Å². The molecule has 5 nitrogen and oxygen atoms in total. The van der Waals surface area contributed by atoms with Crippen molar-refractivity contribution in [1.29, 1.82) is 0 Å². The van der Waals surface area contributed by atoms with Crippen LogP contribution >= 0.6 is 0 Å². The smallest absolute Gasteiger partial charge is 0.133 e. The number of nitrogens with one attached hydrogen (secondary N) is 2. The second-order valence-electron chi connectivity index (χ2n) is 5.13. The number of anilines is 2. The minimum absolute atomic E-state index is 0.754. The largest absolute Gasteiger partial charge is 0.370 e. The van der Waals surface area contributed by atoms with Gasteiger partial charge in [-0.05, 0) is 38.8 Å². The molecule has 0 aromatic carbocycles. The highest BCUT2D eigenvalue weighted by Crippen LogP contribution is 2.16. The molecule has 0 bridgehead atoms. The summed E-state index contributed by atoms with van der Waals surface area (Å²) in [6, 6.07) is 2.01. The lowest BCUT2D eigenvalue weighted by atomic mass is 9.98. The lowest BCUT2D eigenvalue weighted by molar-refractivity contribution is 0.389. The van der Waals surface area contributed by atoms with E-state index in [0.717, 1.165) is 43.0 Å². The Bertz CT molecular complexity index is 385. The van der Waals surface area contributed by atoms with Crippen LogP contribution in [0, 0.1) is 12.8 Å². The second-order valence-corrected chi connectivity index (χ2v) is 5.13. The molecule has 1 fully saturated rings. The highest BCUT2D eigenvalue weighted by atomic mass is 15.2. The van der Waals surface area contributed by atoms with Gasteiger partial charge in [-0.1, -0.05) is 0 Å². The standard InChI is InChI=1S/C13H23N5/c1-10-16-12(8-13(17-10)18(2)3)15-9-11-4-6-14-7-5-11/h8,11,14H,4-7,9H2,1-3H3,(H,15,16,17). The van der Waals surface area contributed by atoms with Crippen molar-refractivity contribution in [3.8, 4) is 0 Å². The summed E-state index contributed by atoms with van der Waals surface area (Å²) in [7, 11) is 4.00. The molecule has 1 aromatic rings. The third-order valence-corrected chi connectivity index (χ3v) is 3.31. The summed E-state index contributed by atoms with van der Waals surface area (Å²) in [6.45, 7) is 5.21. The van der Waals surface area contributed by atoms with Crippen molar-refractivity contribution in [1.82, 2.24) is 15.3 Å². The molecule has 5 heteroatoms. The first-order valence-corrected chi connectivity index (χ1v) is 6.63. The number of aromatic nitrogens is 2. The summed E-state index contributed by atoms with van der Waals surface area (Å²) in [5, 5.41) is 6.83. The molecule has 2 N–H and O–H groups in total. The lowest BCUT2D eigenvalue weighted by Crippen LogP contribution is -2.31. The Hall–Kier alpha value is -1.36. The van der Waals surface area contributed by atoms with Crippen LogP contribution in [0.1, 0.15) is 18.7 Å². The Balaban J connectivity index is 1.95. The van der Waals surface area contributed by atoms with Gasteiger partial charge in [0.15, 0.2) is 0 Å². The van der Waals surface area contributed by atoms with Crippen LogP contribution in [-0.2, 0) is 0 Å². The van der Waals surface area contributed by atoms with Crippen molar-refractivity contribution in [2.45, 2.75) is 19.8 Å². The molecule has 1 aliphatic heterocycles. The zero-order chi connectivity index (χ0) is 13.0. The molecular weight excluding hydrogens is 226 g/mol. The van der Waals surface area contributed by atoms with Crippen molar-refractivity contribution >= 4 is 11.6 Å². The second kappa shape index (κ2) is 6.00. The van der Waals surface area contributed by atoms with E-state index in [1.165, 1.54) is 12.8 Å². The molecule has 100 valence electrons. The van der Waals surface area contributed by atoms with Gasteiger partial charge in [0.1, 0.15) is 17.5 Å².